The third-order valence-electron chi connectivity index (χ3n) is 15.1. The van der Waals surface area contributed by atoms with Crippen LogP contribution in [0.1, 0.15) is 129 Å². The Labute approximate surface area is 468 Å². The molecule has 8 aromatic rings. The summed E-state index contributed by atoms with van der Waals surface area (Å²) in [6.45, 7) is 4.12. The molecule has 0 saturated heterocycles. The quantitative estimate of drug-likeness (QED) is 0.0713. The molecule has 7 aromatic carbocycles. The van der Waals surface area contributed by atoms with Crippen LogP contribution in [0, 0.1) is 0 Å². The summed E-state index contributed by atoms with van der Waals surface area (Å²) < 4.78 is 46.2. The Bertz CT molecular complexity index is 3410. The van der Waals surface area contributed by atoms with Crippen molar-refractivity contribution in [2.24, 2.45) is 0 Å². The molecule has 0 aliphatic carbocycles. The Morgan fingerprint density at radius 1 is 0.360 bits per heavy atom. The van der Waals surface area contributed by atoms with E-state index in [4.69, 9.17) is 0 Å². The molecule has 8 heteroatoms. The molecule has 0 unspecified atom stereocenters. The van der Waals surface area contributed by atoms with E-state index in [1.165, 1.54) is 31.2 Å². The number of fused-ring (bicyclic) bond motifs is 2. The average Bonchev–Trinajstić information content (AvgIpc) is 4.17. The molecular formula is C67H64BBr3F2N2. The fourth-order valence-corrected chi connectivity index (χ4v) is 12.0. The zero-order valence-corrected chi connectivity index (χ0v) is 48.3. The third-order valence-corrected chi connectivity index (χ3v) is 16.7. The van der Waals surface area contributed by atoms with Gasteiger partial charge in [-0.25, -0.2) is 0 Å². The van der Waals surface area contributed by atoms with Crippen molar-refractivity contribution in [1.29, 1.82) is 0 Å². The molecule has 0 saturated carbocycles. The SMILES string of the molecule is CCCCc1ccc(C2=C(c3ccc(Br)cc3)C3=C(c4ccc(Br)cc4)c4c(-c5ccc(Br)cc5)c(-c5ccc(CCCC)cc5)c(-c5ccc(CCCC)cc5)n4[B-](F)(F)[N+]3=C2c2ccc(CCCC)cc2)cc1. The van der Waals surface area contributed by atoms with Gasteiger partial charge in [-0.15, -0.1) is 0 Å². The van der Waals surface area contributed by atoms with Crippen molar-refractivity contribution in [3.8, 4) is 33.5 Å². The van der Waals surface area contributed by atoms with E-state index in [2.05, 4.69) is 209 Å². The van der Waals surface area contributed by atoms with E-state index in [-0.39, 0.29) is 0 Å². The number of allylic oxidation sites excluding steroid dienone is 2. The van der Waals surface area contributed by atoms with Gasteiger partial charge >= 0.3 is 6.97 Å². The van der Waals surface area contributed by atoms with Gasteiger partial charge in [-0.2, -0.15) is 0 Å². The minimum absolute atomic E-state index is 0.492. The number of hydrogen-bond donors (Lipinski definition) is 0. The van der Waals surface area contributed by atoms with Gasteiger partial charge in [-0.3, -0.25) is 0 Å². The Hall–Kier alpha value is -5.67. The topological polar surface area (TPSA) is 7.94 Å². The number of benzene rings is 7. The largest absolute Gasteiger partial charge is 0.738 e. The molecule has 2 aliphatic heterocycles. The van der Waals surface area contributed by atoms with E-state index in [1.54, 1.807) is 0 Å². The van der Waals surface area contributed by atoms with Gasteiger partial charge in [0.1, 0.15) is 0 Å². The molecule has 1 aromatic heterocycles. The van der Waals surface area contributed by atoms with Crippen LogP contribution in [0.2, 0.25) is 0 Å². The summed E-state index contributed by atoms with van der Waals surface area (Å²) in [6, 6.07) is 59.1. The summed E-state index contributed by atoms with van der Waals surface area (Å²) in [7, 11) is 0. The van der Waals surface area contributed by atoms with E-state index >= 15 is 8.63 Å². The minimum atomic E-state index is -4.72. The van der Waals surface area contributed by atoms with Crippen LogP contribution in [-0.2, 0) is 25.7 Å². The van der Waals surface area contributed by atoms with E-state index in [0.717, 1.165) is 157 Å². The molecule has 0 bridgehead atoms. The second kappa shape index (κ2) is 23.3. The van der Waals surface area contributed by atoms with Gasteiger partial charge in [0.2, 0.25) is 0 Å². The Balaban J connectivity index is 1.42. The first-order valence-corrected chi connectivity index (χ1v) is 29.5. The van der Waals surface area contributed by atoms with Gasteiger partial charge in [0.25, 0.3) is 0 Å². The monoisotopic (exact) mass is 1180 g/mol. The van der Waals surface area contributed by atoms with E-state index in [9.17, 15) is 0 Å². The number of aryl methyl sites for hydroxylation is 4. The summed E-state index contributed by atoms with van der Waals surface area (Å²) in [5, 5.41) is 0. The van der Waals surface area contributed by atoms with Crippen LogP contribution in [0.4, 0.5) is 8.63 Å². The highest BCUT2D eigenvalue weighted by Crippen LogP contribution is 2.57. The van der Waals surface area contributed by atoms with E-state index in [0.29, 0.717) is 22.8 Å². The van der Waals surface area contributed by atoms with Gasteiger partial charge in [-0.1, -0.05) is 222 Å². The fraction of sp³-hybridized carbons (Fsp3) is 0.239. The normalized spacial score (nSPS) is 14.0. The second-order valence-corrected chi connectivity index (χ2v) is 23.1. The van der Waals surface area contributed by atoms with Crippen molar-refractivity contribution >= 4 is 77.2 Å². The van der Waals surface area contributed by atoms with Gasteiger partial charge < -0.3 is 17.6 Å². The summed E-state index contributed by atoms with van der Waals surface area (Å²) in [5.41, 5.74) is 16.5. The summed E-state index contributed by atoms with van der Waals surface area (Å²) in [5.74, 6) is 0. The second-order valence-electron chi connectivity index (χ2n) is 20.3. The van der Waals surface area contributed by atoms with Crippen molar-refractivity contribution in [3.63, 3.8) is 0 Å². The molecule has 0 fully saturated rings. The number of nitrogens with zero attached hydrogens (tertiary/aromatic N) is 2. The van der Waals surface area contributed by atoms with Crippen molar-refractivity contribution in [3.05, 3.63) is 239 Å². The number of hydrogen-bond acceptors (Lipinski definition) is 0. The highest BCUT2D eigenvalue weighted by atomic mass is 79.9. The molecule has 0 radical (unpaired) electrons. The maximum absolute atomic E-state index is 20.3. The molecular weight excluding hydrogens is 1120 g/mol. The standard InChI is InChI=1S/C67H64BBr3F2N2/c1-5-9-13-45-17-25-49(26-18-45)59-61(51-33-39-56(69)40-34-51)66-63(53-37-43-58(71)44-38-53)67-62(52-35-41-57(70)42-36-52)60(50-27-19-46(20-28-50)14-10-6-2)65(55-31-23-48(24-32-55)16-12-8-4)75(67)68(72,73)74(66)64(59)54-29-21-47(22-30-54)15-11-7-3/h17-44H,5-16H2,1-4H3. The van der Waals surface area contributed by atoms with Crippen LogP contribution in [-0.4, -0.2) is 21.6 Å². The van der Waals surface area contributed by atoms with Crippen LogP contribution < -0.4 is 0 Å². The highest BCUT2D eigenvalue weighted by Gasteiger charge is 2.60. The van der Waals surface area contributed by atoms with Crippen LogP contribution in [0.25, 0.3) is 50.2 Å². The molecule has 0 atom stereocenters. The first-order chi connectivity index (χ1) is 36.5. The van der Waals surface area contributed by atoms with E-state index in [1.807, 2.05) is 36.4 Å². The minimum Gasteiger partial charge on any atom is -0.389 e. The molecule has 2 aliphatic rings. The van der Waals surface area contributed by atoms with Crippen LogP contribution in [0.3, 0.4) is 0 Å². The average molecular weight is 1190 g/mol. The first-order valence-electron chi connectivity index (χ1n) is 27.2. The molecule has 2 nitrogen and oxygen atoms in total. The number of halogens is 5. The molecule has 10 rings (SSSR count). The van der Waals surface area contributed by atoms with Crippen LogP contribution >= 0.6 is 47.8 Å². The summed E-state index contributed by atoms with van der Waals surface area (Å²) in [6.07, 6.45) is 12.4. The van der Waals surface area contributed by atoms with Gasteiger partial charge in [0.15, 0.2) is 11.4 Å². The van der Waals surface area contributed by atoms with Crippen LogP contribution in [0.15, 0.2) is 189 Å². The number of unbranched alkanes of at least 4 members (excludes halogenated alkanes) is 4. The van der Waals surface area contributed by atoms with Crippen molar-refractivity contribution in [2.45, 2.75) is 105 Å². The van der Waals surface area contributed by atoms with Crippen molar-refractivity contribution < 1.29 is 13.1 Å². The number of rotatable bonds is 19. The molecule has 0 N–H and O–H groups in total. The number of aromatic nitrogens is 1. The summed E-state index contributed by atoms with van der Waals surface area (Å²) >= 11 is 11.2. The van der Waals surface area contributed by atoms with Crippen LogP contribution in [0.5, 0.6) is 0 Å². The van der Waals surface area contributed by atoms with Gasteiger partial charge in [0.05, 0.1) is 16.7 Å². The van der Waals surface area contributed by atoms with Crippen molar-refractivity contribution in [2.75, 3.05) is 0 Å². The molecule has 0 amide bonds. The smallest absolute Gasteiger partial charge is 0.389 e. The third kappa shape index (κ3) is 10.6. The predicted molar refractivity (Wildman–Crippen MR) is 325 cm³/mol. The molecule has 75 heavy (non-hydrogen) atoms. The zero-order chi connectivity index (χ0) is 52.2. The highest BCUT2D eigenvalue weighted by molar-refractivity contribution is 9.11. The Morgan fingerprint density at radius 3 is 1.07 bits per heavy atom. The van der Waals surface area contributed by atoms with Gasteiger partial charge in [-0.05, 0) is 156 Å². The van der Waals surface area contributed by atoms with Crippen molar-refractivity contribution in [1.82, 2.24) is 4.48 Å². The zero-order valence-electron chi connectivity index (χ0n) is 43.5. The lowest BCUT2D eigenvalue weighted by molar-refractivity contribution is -0.358. The fourth-order valence-electron chi connectivity index (χ4n) is 11.2. The Kier molecular flexibility index (Phi) is 16.4. The summed E-state index contributed by atoms with van der Waals surface area (Å²) in [4.78, 5) is 0. The lowest BCUT2D eigenvalue weighted by atomic mass is 9.81. The molecule has 380 valence electrons. The maximum Gasteiger partial charge on any atom is 0.738 e. The lowest BCUT2D eigenvalue weighted by Crippen LogP contribution is -2.52. The molecule has 0 spiro atoms. The maximum atomic E-state index is 20.3. The van der Waals surface area contributed by atoms with Gasteiger partial charge in [0, 0.05) is 41.5 Å². The molecule has 3 heterocycles. The Morgan fingerprint density at radius 2 is 0.667 bits per heavy atom. The van der Waals surface area contributed by atoms with E-state index < -0.39 is 6.97 Å². The first kappa shape index (κ1) is 52.8. The predicted octanol–water partition coefficient (Wildman–Crippen LogP) is 20.3. The lowest BCUT2D eigenvalue weighted by Gasteiger charge is -2.35.